The number of urea groups is 1. The number of amides is 4. The third-order valence-electron chi connectivity index (χ3n) is 5.05. The standard InChI is InChI=1S/C19H26N4O3/c1-14(24)21-17-7-5-15(6-8-17)13-20-19(26)23-11-9-22(10-12-23)18(25)16-3-2-4-16/h5-8,16H,2-4,9-13H2,1H3,(H,20,26)(H,21,24). The molecular weight excluding hydrogens is 332 g/mol. The number of rotatable bonds is 4. The Kier molecular flexibility index (Phi) is 5.75. The van der Waals surface area contributed by atoms with Crippen LogP contribution in [0.3, 0.4) is 0 Å². The number of piperazine rings is 1. The first-order valence-electron chi connectivity index (χ1n) is 9.21. The van der Waals surface area contributed by atoms with Gasteiger partial charge in [-0.15, -0.1) is 0 Å². The monoisotopic (exact) mass is 358 g/mol. The van der Waals surface area contributed by atoms with Crippen molar-refractivity contribution in [3.8, 4) is 0 Å². The van der Waals surface area contributed by atoms with Gasteiger partial charge in [-0.3, -0.25) is 9.59 Å². The number of hydrogen-bond acceptors (Lipinski definition) is 3. The minimum atomic E-state index is -0.110. The van der Waals surface area contributed by atoms with Crippen LogP contribution in [0, 0.1) is 5.92 Å². The maximum Gasteiger partial charge on any atom is 0.317 e. The van der Waals surface area contributed by atoms with Gasteiger partial charge < -0.3 is 20.4 Å². The van der Waals surface area contributed by atoms with Crippen LogP contribution in [-0.2, 0) is 16.1 Å². The minimum Gasteiger partial charge on any atom is -0.339 e. The molecule has 1 aliphatic heterocycles. The summed E-state index contributed by atoms with van der Waals surface area (Å²) in [7, 11) is 0. The molecule has 1 heterocycles. The molecular formula is C19H26N4O3. The average molecular weight is 358 g/mol. The Morgan fingerprint density at radius 3 is 2.15 bits per heavy atom. The van der Waals surface area contributed by atoms with E-state index in [-0.39, 0.29) is 23.8 Å². The molecule has 1 saturated carbocycles. The molecule has 0 aromatic heterocycles. The van der Waals surface area contributed by atoms with Crippen molar-refractivity contribution in [3.05, 3.63) is 29.8 Å². The summed E-state index contributed by atoms with van der Waals surface area (Å²) < 4.78 is 0. The molecule has 26 heavy (non-hydrogen) atoms. The van der Waals surface area contributed by atoms with Crippen LogP contribution in [0.1, 0.15) is 31.7 Å². The van der Waals surface area contributed by atoms with E-state index in [2.05, 4.69) is 10.6 Å². The molecule has 7 heteroatoms. The second-order valence-electron chi connectivity index (χ2n) is 6.98. The zero-order valence-corrected chi connectivity index (χ0v) is 15.2. The van der Waals surface area contributed by atoms with Crippen LogP contribution >= 0.6 is 0 Å². The highest BCUT2D eigenvalue weighted by molar-refractivity contribution is 5.88. The van der Waals surface area contributed by atoms with E-state index in [1.54, 1.807) is 4.90 Å². The third kappa shape index (κ3) is 4.53. The molecule has 7 nitrogen and oxygen atoms in total. The Balaban J connectivity index is 1.41. The van der Waals surface area contributed by atoms with E-state index in [0.717, 1.165) is 30.5 Å². The Morgan fingerprint density at radius 2 is 1.62 bits per heavy atom. The van der Waals surface area contributed by atoms with E-state index in [1.165, 1.54) is 6.92 Å². The summed E-state index contributed by atoms with van der Waals surface area (Å²) in [5.41, 5.74) is 1.70. The number of nitrogens with zero attached hydrogens (tertiary/aromatic N) is 2. The molecule has 140 valence electrons. The van der Waals surface area contributed by atoms with Crippen molar-refractivity contribution in [1.29, 1.82) is 0 Å². The van der Waals surface area contributed by atoms with E-state index in [4.69, 9.17) is 0 Å². The van der Waals surface area contributed by atoms with Gasteiger partial charge in [-0.25, -0.2) is 4.79 Å². The summed E-state index contributed by atoms with van der Waals surface area (Å²) in [6.45, 7) is 4.29. The largest absolute Gasteiger partial charge is 0.339 e. The third-order valence-corrected chi connectivity index (χ3v) is 5.05. The summed E-state index contributed by atoms with van der Waals surface area (Å²) >= 11 is 0. The lowest BCUT2D eigenvalue weighted by molar-refractivity contribution is -0.139. The molecule has 0 spiro atoms. The smallest absolute Gasteiger partial charge is 0.317 e. The van der Waals surface area contributed by atoms with Gasteiger partial charge >= 0.3 is 6.03 Å². The Bertz CT molecular complexity index is 662. The predicted molar refractivity (Wildman–Crippen MR) is 98.5 cm³/mol. The van der Waals surface area contributed by atoms with Crippen molar-refractivity contribution in [2.24, 2.45) is 5.92 Å². The topological polar surface area (TPSA) is 81.8 Å². The van der Waals surface area contributed by atoms with Gasteiger partial charge in [0.05, 0.1) is 0 Å². The molecule has 2 N–H and O–H groups in total. The summed E-state index contributed by atoms with van der Waals surface area (Å²) in [6.07, 6.45) is 3.19. The van der Waals surface area contributed by atoms with E-state index >= 15 is 0 Å². The molecule has 0 radical (unpaired) electrons. The van der Waals surface area contributed by atoms with E-state index in [0.29, 0.717) is 32.7 Å². The van der Waals surface area contributed by atoms with Gasteiger partial charge in [0.25, 0.3) is 0 Å². The van der Waals surface area contributed by atoms with Crippen LogP contribution in [0.2, 0.25) is 0 Å². The zero-order valence-electron chi connectivity index (χ0n) is 15.2. The first-order valence-corrected chi connectivity index (χ1v) is 9.21. The summed E-state index contributed by atoms with van der Waals surface area (Å²) in [5, 5.41) is 5.63. The highest BCUT2D eigenvalue weighted by Gasteiger charge is 2.31. The highest BCUT2D eigenvalue weighted by Crippen LogP contribution is 2.28. The maximum absolute atomic E-state index is 12.3. The van der Waals surface area contributed by atoms with Gasteiger partial charge in [0.1, 0.15) is 0 Å². The number of anilines is 1. The van der Waals surface area contributed by atoms with E-state index in [9.17, 15) is 14.4 Å². The summed E-state index contributed by atoms with van der Waals surface area (Å²) in [4.78, 5) is 39.2. The Labute approximate surface area is 153 Å². The molecule has 0 atom stereocenters. The predicted octanol–water partition coefficient (Wildman–Crippen LogP) is 1.80. The second-order valence-corrected chi connectivity index (χ2v) is 6.98. The van der Waals surface area contributed by atoms with Crippen LogP contribution in [0.15, 0.2) is 24.3 Å². The van der Waals surface area contributed by atoms with Crippen LogP contribution in [-0.4, -0.2) is 53.8 Å². The molecule has 0 unspecified atom stereocenters. The van der Waals surface area contributed by atoms with Gasteiger partial charge in [0.15, 0.2) is 0 Å². The average Bonchev–Trinajstić information content (AvgIpc) is 2.59. The van der Waals surface area contributed by atoms with Crippen LogP contribution in [0.5, 0.6) is 0 Å². The fourth-order valence-electron chi connectivity index (χ4n) is 3.24. The summed E-state index contributed by atoms with van der Waals surface area (Å²) in [6, 6.07) is 7.27. The molecule has 2 aliphatic rings. The van der Waals surface area contributed by atoms with Gasteiger partial charge in [0, 0.05) is 51.3 Å². The van der Waals surface area contributed by atoms with Crippen molar-refractivity contribution in [1.82, 2.24) is 15.1 Å². The lowest BCUT2D eigenvalue weighted by Gasteiger charge is -2.38. The number of nitrogens with one attached hydrogen (secondary N) is 2. The van der Waals surface area contributed by atoms with Gasteiger partial charge in [-0.05, 0) is 30.5 Å². The normalized spacial score (nSPS) is 17.4. The number of carbonyl (C=O) groups is 3. The van der Waals surface area contributed by atoms with Crippen molar-refractivity contribution < 1.29 is 14.4 Å². The zero-order chi connectivity index (χ0) is 18.5. The van der Waals surface area contributed by atoms with Crippen LogP contribution in [0.25, 0.3) is 0 Å². The van der Waals surface area contributed by atoms with Crippen LogP contribution in [0.4, 0.5) is 10.5 Å². The van der Waals surface area contributed by atoms with Crippen LogP contribution < -0.4 is 10.6 Å². The molecule has 1 aliphatic carbocycles. The first-order chi connectivity index (χ1) is 12.5. The van der Waals surface area contributed by atoms with E-state index < -0.39 is 0 Å². The fraction of sp³-hybridized carbons (Fsp3) is 0.526. The minimum absolute atomic E-state index is 0.105. The molecule has 0 bridgehead atoms. The number of hydrogen-bond donors (Lipinski definition) is 2. The molecule has 2 fully saturated rings. The Hall–Kier alpha value is -2.57. The SMILES string of the molecule is CC(=O)Nc1ccc(CNC(=O)N2CCN(C(=O)C3CCC3)CC2)cc1. The fourth-order valence-corrected chi connectivity index (χ4v) is 3.24. The molecule has 1 aromatic rings. The lowest BCUT2D eigenvalue weighted by atomic mass is 9.84. The maximum atomic E-state index is 12.3. The Morgan fingerprint density at radius 1 is 1.00 bits per heavy atom. The number of carbonyl (C=O) groups excluding carboxylic acids is 3. The van der Waals surface area contributed by atoms with Crippen molar-refractivity contribution in [3.63, 3.8) is 0 Å². The summed E-state index contributed by atoms with van der Waals surface area (Å²) in [5.74, 6) is 0.368. The van der Waals surface area contributed by atoms with Gasteiger partial charge in [-0.1, -0.05) is 18.6 Å². The van der Waals surface area contributed by atoms with E-state index in [1.807, 2.05) is 29.2 Å². The molecule has 4 amide bonds. The van der Waals surface area contributed by atoms with Crippen molar-refractivity contribution in [2.75, 3.05) is 31.5 Å². The lowest BCUT2D eigenvalue weighted by Crippen LogP contribution is -2.54. The quantitative estimate of drug-likeness (QED) is 0.861. The number of benzene rings is 1. The van der Waals surface area contributed by atoms with Gasteiger partial charge in [-0.2, -0.15) is 0 Å². The molecule has 1 saturated heterocycles. The first kappa shape index (κ1) is 18.2. The van der Waals surface area contributed by atoms with Gasteiger partial charge in [0.2, 0.25) is 11.8 Å². The highest BCUT2D eigenvalue weighted by atomic mass is 16.2. The van der Waals surface area contributed by atoms with Crippen molar-refractivity contribution in [2.45, 2.75) is 32.7 Å². The second kappa shape index (κ2) is 8.21. The molecule has 3 rings (SSSR count). The molecule has 1 aromatic carbocycles. The van der Waals surface area contributed by atoms with Crippen molar-refractivity contribution >= 4 is 23.5 Å².